The molecule has 1 aliphatic heterocycles. The van der Waals surface area contributed by atoms with E-state index in [1.807, 2.05) is 13.8 Å². The molecule has 0 bridgehead atoms. The summed E-state index contributed by atoms with van der Waals surface area (Å²) in [6.45, 7) is 3.69. The van der Waals surface area contributed by atoms with Crippen LogP contribution in [0, 0.1) is 5.82 Å². The third-order valence-corrected chi connectivity index (χ3v) is 3.44. The van der Waals surface area contributed by atoms with Gasteiger partial charge in [-0.3, -0.25) is 4.79 Å². The van der Waals surface area contributed by atoms with E-state index in [1.54, 1.807) is 6.07 Å². The molecule has 0 aliphatic carbocycles. The molecule has 1 aliphatic rings. The summed E-state index contributed by atoms with van der Waals surface area (Å²) in [5.74, 6) is -0.790. The average Bonchev–Trinajstić information content (AvgIpc) is 2.61. The number of benzene rings is 1. The third kappa shape index (κ3) is 1.75. The van der Waals surface area contributed by atoms with Gasteiger partial charge >= 0.3 is 6.03 Å². The van der Waals surface area contributed by atoms with Crippen LogP contribution >= 0.6 is 0 Å². The average molecular weight is 250 g/mol. The molecule has 1 N–H and O–H groups in total. The highest BCUT2D eigenvalue weighted by atomic mass is 19.1. The van der Waals surface area contributed by atoms with Crippen LogP contribution in [0.5, 0.6) is 0 Å². The van der Waals surface area contributed by atoms with E-state index >= 15 is 0 Å². The second-order valence-electron chi connectivity index (χ2n) is 4.34. The first-order chi connectivity index (χ1) is 8.54. The van der Waals surface area contributed by atoms with E-state index in [1.165, 1.54) is 18.2 Å². The van der Waals surface area contributed by atoms with Crippen molar-refractivity contribution in [1.29, 1.82) is 0 Å². The van der Waals surface area contributed by atoms with Crippen molar-refractivity contribution in [3.8, 4) is 0 Å². The molecule has 4 nitrogen and oxygen atoms in total. The van der Waals surface area contributed by atoms with Crippen molar-refractivity contribution < 1.29 is 14.0 Å². The molecule has 1 fully saturated rings. The standard InChI is InChI=1S/C13H15FN2O2/c1-3-13(4-2)11(17)16(12(18)15-13)10-7-5-6-9(14)8-10/h5-8H,3-4H2,1-2H3,(H,15,18). The summed E-state index contributed by atoms with van der Waals surface area (Å²) in [4.78, 5) is 25.2. The van der Waals surface area contributed by atoms with E-state index in [-0.39, 0.29) is 11.6 Å². The minimum Gasteiger partial charge on any atom is -0.323 e. The Balaban J connectivity index is 2.41. The van der Waals surface area contributed by atoms with Gasteiger partial charge in [0.05, 0.1) is 5.69 Å². The Morgan fingerprint density at radius 2 is 1.94 bits per heavy atom. The molecule has 0 spiro atoms. The van der Waals surface area contributed by atoms with Crippen LogP contribution in [0.2, 0.25) is 0 Å². The summed E-state index contributed by atoms with van der Waals surface area (Å²) >= 11 is 0. The summed E-state index contributed by atoms with van der Waals surface area (Å²) in [5, 5.41) is 2.70. The smallest absolute Gasteiger partial charge is 0.323 e. The van der Waals surface area contributed by atoms with Gasteiger partial charge in [-0.1, -0.05) is 19.9 Å². The minimum absolute atomic E-state index is 0.265. The lowest BCUT2D eigenvalue weighted by atomic mass is 9.93. The quantitative estimate of drug-likeness (QED) is 0.838. The number of imide groups is 1. The highest BCUT2D eigenvalue weighted by Crippen LogP contribution is 2.29. The molecule has 0 aromatic heterocycles. The Labute approximate surface area is 105 Å². The number of nitrogens with one attached hydrogen (secondary N) is 1. The fraction of sp³-hybridized carbons (Fsp3) is 0.385. The minimum atomic E-state index is -0.858. The summed E-state index contributed by atoms with van der Waals surface area (Å²) in [6.07, 6.45) is 1.03. The van der Waals surface area contributed by atoms with E-state index in [2.05, 4.69) is 5.32 Å². The molecule has 3 amide bonds. The summed E-state index contributed by atoms with van der Waals surface area (Å²) in [5.41, 5.74) is -0.593. The van der Waals surface area contributed by atoms with Gasteiger partial charge in [0.25, 0.3) is 5.91 Å². The van der Waals surface area contributed by atoms with Crippen molar-refractivity contribution in [2.45, 2.75) is 32.2 Å². The Kier molecular flexibility index (Phi) is 3.07. The van der Waals surface area contributed by atoms with E-state index in [0.717, 1.165) is 4.90 Å². The number of carbonyl (C=O) groups is 2. The van der Waals surface area contributed by atoms with E-state index in [9.17, 15) is 14.0 Å². The van der Waals surface area contributed by atoms with Gasteiger partial charge in [-0.2, -0.15) is 0 Å². The number of amides is 3. The second kappa shape index (κ2) is 4.40. The third-order valence-electron chi connectivity index (χ3n) is 3.44. The van der Waals surface area contributed by atoms with E-state index in [0.29, 0.717) is 12.8 Å². The maximum atomic E-state index is 13.2. The van der Waals surface area contributed by atoms with Crippen molar-refractivity contribution in [3.05, 3.63) is 30.1 Å². The van der Waals surface area contributed by atoms with Crippen LogP contribution in [0.4, 0.5) is 14.9 Å². The van der Waals surface area contributed by atoms with Crippen molar-refractivity contribution in [1.82, 2.24) is 5.32 Å². The fourth-order valence-corrected chi connectivity index (χ4v) is 2.20. The van der Waals surface area contributed by atoms with Crippen molar-refractivity contribution in [3.63, 3.8) is 0 Å². The SMILES string of the molecule is CCC1(CC)NC(=O)N(c2cccc(F)c2)C1=O. The maximum Gasteiger partial charge on any atom is 0.329 e. The molecule has 96 valence electrons. The zero-order valence-corrected chi connectivity index (χ0v) is 10.4. The number of urea groups is 1. The van der Waals surface area contributed by atoms with Gasteiger partial charge in [-0.15, -0.1) is 0 Å². The number of carbonyl (C=O) groups excluding carboxylic acids is 2. The van der Waals surface area contributed by atoms with Gasteiger partial charge in [-0.25, -0.2) is 14.1 Å². The normalized spacial score (nSPS) is 18.1. The van der Waals surface area contributed by atoms with Gasteiger partial charge in [0.1, 0.15) is 11.4 Å². The predicted octanol–water partition coefficient (Wildman–Crippen LogP) is 2.44. The van der Waals surface area contributed by atoms with Crippen LogP contribution in [-0.4, -0.2) is 17.5 Å². The van der Waals surface area contributed by atoms with Crippen molar-refractivity contribution in [2.75, 3.05) is 4.90 Å². The molecule has 0 unspecified atom stereocenters. The van der Waals surface area contributed by atoms with Crippen molar-refractivity contribution in [2.24, 2.45) is 0 Å². The molecular formula is C13H15FN2O2. The van der Waals surface area contributed by atoms with Crippen LogP contribution in [0.15, 0.2) is 24.3 Å². The lowest BCUT2D eigenvalue weighted by Gasteiger charge is -2.23. The highest BCUT2D eigenvalue weighted by molar-refractivity contribution is 6.23. The topological polar surface area (TPSA) is 49.4 Å². The lowest BCUT2D eigenvalue weighted by Crippen LogP contribution is -2.45. The Bertz CT molecular complexity index is 498. The number of nitrogens with zero attached hydrogens (tertiary/aromatic N) is 1. The molecule has 1 aromatic rings. The fourth-order valence-electron chi connectivity index (χ4n) is 2.20. The number of hydrogen-bond donors (Lipinski definition) is 1. The molecule has 1 aromatic carbocycles. The van der Waals surface area contributed by atoms with Crippen LogP contribution in [-0.2, 0) is 4.79 Å². The van der Waals surface area contributed by atoms with Crippen LogP contribution < -0.4 is 10.2 Å². The zero-order valence-electron chi connectivity index (χ0n) is 10.4. The molecule has 0 radical (unpaired) electrons. The summed E-state index contributed by atoms with van der Waals surface area (Å²) < 4.78 is 13.2. The van der Waals surface area contributed by atoms with Crippen LogP contribution in [0.1, 0.15) is 26.7 Å². The van der Waals surface area contributed by atoms with Gasteiger partial charge in [0, 0.05) is 0 Å². The molecule has 18 heavy (non-hydrogen) atoms. The predicted molar refractivity (Wildman–Crippen MR) is 65.7 cm³/mol. The summed E-state index contributed by atoms with van der Waals surface area (Å²) in [6, 6.07) is 4.98. The second-order valence-corrected chi connectivity index (χ2v) is 4.34. The maximum absolute atomic E-state index is 13.2. The Hall–Kier alpha value is -1.91. The molecule has 2 rings (SSSR count). The van der Waals surface area contributed by atoms with Gasteiger partial charge < -0.3 is 5.32 Å². The zero-order chi connectivity index (χ0) is 13.3. The first-order valence-electron chi connectivity index (χ1n) is 5.96. The number of halogens is 1. The van der Waals surface area contributed by atoms with Gasteiger partial charge in [0.15, 0.2) is 0 Å². The molecule has 1 heterocycles. The monoisotopic (exact) mass is 250 g/mol. The molecule has 0 atom stereocenters. The molecule has 0 saturated carbocycles. The number of anilines is 1. The first kappa shape index (κ1) is 12.5. The number of rotatable bonds is 3. The molecule has 5 heteroatoms. The van der Waals surface area contributed by atoms with Crippen molar-refractivity contribution >= 4 is 17.6 Å². The lowest BCUT2D eigenvalue weighted by molar-refractivity contribution is -0.122. The number of hydrogen-bond acceptors (Lipinski definition) is 2. The van der Waals surface area contributed by atoms with E-state index < -0.39 is 17.4 Å². The molecule has 1 saturated heterocycles. The largest absolute Gasteiger partial charge is 0.329 e. The highest BCUT2D eigenvalue weighted by Gasteiger charge is 2.49. The van der Waals surface area contributed by atoms with E-state index in [4.69, 9.17) is 0 Å². The van der Waals surface area contributed by atoms with Gasteiger partial charge in [0.2, 0.25) is 0 Å². The summed E-state index contributed by atoms with van der Waals surface area (Å²) in [7, 11) is 0. The van der Waals surface area contributed by atoms with Gasteiger partial charge in [-0.05, 0) is 31.0 Å². The Morgan fingerprint density at radius 3 is 2.44 bits per heavy atom. The first-order valence-corrected chi connectivity index (χ1v) is 5.96. The Morgan fingerprint density at radius 1 is 1.28 bits per heavy atom. The molecular weight excluding hydrogens is 235 g/mol. The van der Waals surface area contributed by atoms with Crippen LogP contribution in [0.25, 0.3) is 0 Å². The van der Waals surface area contributed by atoms with Crippen LogP contribution in [0.3, 0.4) is 0 Å².